The lowest BCUT2D eigenvalue weighted by Gasteiger charge is -2.11. The number of halogens is 1. The summed E-state index contributed by atoms with van der Waals surface area (Å²) in [5.74, 6) is 1.47. The fourth-order valence-corrected chi connectivity index (χ4v) is 1.98. The van der Waals surface area contributed by atoms with Gasteiger partial charge in [-0.15, -0.1) is 0 Å². The molecule has 3 nitrogen and oxygen atoms in total. The van der Waals surface area contributed by atoms with E-state index in [1.54, 1.807) is 18.2 Å². The van der Waals surface area contributed by atoms with E-state index in [2.05, 4.69) is 0 Å². The molecule has 0 aliphatic heterocycles. The minimum atomic E-state index is -0.633. The van der Waals surface area contributed by atoms with Gasteiger partial charge in [-0.2, -0.15) is 0 Å². The van der Waals surface area contributed by atoms with Gasteiger partial charge >= 0.3 is 0 Å². The summed E-state index contributed by atoms with van der Waals surface area (Å²) in [6.07, 6.45) is -0.633. The van der Waals surface area contributed by atoms with Gasteiger partial charge in [-0.1, -0.05) is 23.7 Å². The normalized spacial score (nSPS) is 12.2. The molecule has 0 bridgehead atoms. The van der Waals surface area contributed by atoms with Gasteiger partial charge in [0, 0.05) is 11.6 Å². The van der Waals surface area contributed by atoms with Crippen molar-refractivity contribution >= 4 is 11.6 Å². The van der Waals surface area contributed by atoms with Gasteiger partial charge in [0.25, 0.3) is 0 Å². The molecule has 1 atom stereocenters. The monoisotopic (exact) mass is 277 g/mol. The molecule has 3 N–H and O–H groups in total. The molecular formula is C15H16ClNO2. The maximum Gasteiger partial charge on any atom is 0.130 e. The molecule has 2 rings (SSSR count). The number of benzene rings is 2. The summed E-state index contributed by atoms with van der Waals surface area (Å²) in [7, 11) is 0. The molecule has 0 aromatic heterocycles. The van der Waals surface area contributed by atoms with Crippen molar-refractivity contribution in [1.82, 2.24) is 0 Å². The zero-order chi connectivity index (χ0) is 13.8. The van der Waals surface area contributed by atoms with Crippen LogP contribution in [0.1, 0.15) is 17.2 Å². The second-order valence-electron chi connectivity index (χ2n) is 4.33. The standard InChI is InChI=1S/C15H16ClNO2/c1-10-8-12(16)4-7-15(10)19-13-5-2-11(3-6-13)14(18)9-17/h2-8,14,18H,9,17H2,1H3. The zero-order valence-corrected chi connectivity index (χ0v) is 11.4. The molecular weight excluding hydrogens is 262 g/mol. The Morgan fingerprint density at radius 3 is 2.47 bits per heavy atom. The molecule has 0 aliphatic rings. The highest BCUT2D eigenvalue weighted by atomic mass is 35.5. The number of rotatable bonds is 4. The molecule has 19 heavy (non-hydrogen) atoms. The van der Waals surface area contributed by atoms with Gasteiger partial charge in [0.15, 0.2) is 0 Å². The summed E-state index contributed by atoms with van der Waals surface area (Å²) in [6.45, 7) is 2.14. The van der Waals surface area contributed by atoms with Crippen molar-refractivity contribution in [2.75, 3.05) is 6.54 Å². The Kier molecular flexibility index (Phi) is 4.43. The molecule has 2 aromatic carbocycles. The predicted octanol–water partition coefficient (Wildman–Crippen LogP) is 3.43. The smallest absolute Gasteiger partial charge is 0.130 e. The van der Waals surface area contributed by atoms with Crippen molar-refractivity contribution in [1.29, 1.82) is 0 Å². The number of nitrogens with two attached hydrogens (primary N) is 1. The lowest BCUT2D eigenvalue weighted by molar-refractivity contribution is 0.186. The lowest BCUT2D eigenvalue weighted by Crippen LogP contribution is -2.11. The highest BCUT2D eigenvalue weighted by molar-refractivity contribution is 6.30. The highest BCUT2D eigenvalue weighted by Crippen LogP contribution is 2.28. The van der Waals surface area contributed by atoms with E-state index in [9.17, 15) is 5.11 Å². The number of ether oxygens (including phenoxy) is 1. The van der Waals surface area contributed by atoms with Crippen LogP contribution in [0.4, 0.5) is 0 Å². The number of aliphatic hydroxyl groups is 1. The van der Waals surface area contributed by atoms with Crippen LogP contribution in [-0.4, -0.2) is 11.7 Å². The minimum Gasteiger partial charge on any atom is -0.457 e. The van der Waals surface area contributed by atoms with Crippen LogP contribution in [0.25, 0.3) is 0 Å². The Hall–Kier alpha value is -1.55. The maximum absolute atomic E-state index is 9.60. The van der Waals surface area contributed by atoms with Crippen molar-refractivity contribution in [3.05, 3.63) is 58.6 Å². The molecule has 0 heterocycles. The summed E-state index contributed by atoms with van der Waals surface area (Å²) in [5, 5.41) is 10.3. The van der Waals surface area contributed by atoms with Crippen LogP contribution in [0.5, 0.6) is 11.5 Å². The first-order valence-electron chi connectivity index (χ1n) is 6.02. The van der Waals surface area contributed by atoms with Crippen LogP contribution in [0.3, 0.4) is 0 Å². The van der Waals surface area contributed by atoms with E-state index in [4.69, 9.17) is 22.1 Å². The van der Waals surface area contributed by atoms with Gasteiger partial charge < -0.3 is 15.6 Å². The summed E-state index contributed by atoms with van der Waals surface area (Å²) in [5.41, 5.74) is 7.16. The van der Waals surface area contributed by atoms with E-state index in [0.29, 0.717) is 10.8 Å². The van der Waals surface area contributed by atoms with Crippen molar-refractivity contribution < 1.29 is 9.84 Å². The topological polar surface area (TPSA) is 55.5 Å². The second-order valence-corrected chi connectivity index (χ2v) is 4.77. The minimum absolute atomic E-state index is 0.205. The lowest BCUT2D eigenvalue weighted by atomic mass is 10.1. The maximum atomic E-state index is 9.60. The summed E-state index contributed by atoms with van der Waals surface area (Å²) in [4.78, 5) is 0. The van der Waals surface area contributed by atoms with Gasteiger partial charge in [-0.3, -0.25) is 0 Å². The first-order chi connectivity index (χ1) is 9.10. The van der Waals surface area contributed by atoms with Crippen LogP contribution < -0.4 is 10.5 Å². The van der Waals surface area contributed by atoms with E-state index in [1.807, 2.05) is 31.2 Å². The zero-order valence-electron chi connectivity index (χ0n) is 10.6. The molecule has 0 aliphatic carbocycles. The predicted molar refractivity (Wildman–Crippen MR) is 76.7 cm³/mol. The van der Waals surface area contributed by atoms with Crippen molar-refractivity contribution in [3.8, 4) is 11.5 Å². The molecule has 4 heteroatoms. The molecule has 1 unspecified atom stereocenters. The highest BCUT2D eigenvalue weighted by Gasteiger charge is 2.06. The summed E-state index contributed by atoms with van der Waals surface area (Å²) < 4.78 is 5.76. The van der Waals surface area contributed by atoms with Crippen molar-refractivity contribution in [2.45, 2.75) is 13.0 Å². The summed E-state index contributed by atoms with van der Waals surface area (Å²) >= 11 is 5.90. The Bertz CT molecular complexity index is 555. The number of hydrogen-bond donors (Lipinski definition) is 2. The SMILES string of the molecule is Cc1cc(Cl)ccc1Oc1ccc(C(O)CN)cc1. The molecule has 0 saturated heterocycles. The van der Waals surface area contributed by atoms with Gasteiger partial charge in [-0.05, 0) is 48.4 Å². The second kappa shape index (κ2) is 6.06. The third kappa shape index (κ3) is 3.47. The van der Waals surface area contributed by atoms with E-state index in [-0.39, 0.29) is 6.54 Å². The molecule has 0 saturated carbocycles. The van der Waals surface area contributed by atoms with E-state index in [0.717, 1.165) is 16.9 Å². The average Bonchev–Trinajstić information content (AvgIpc) is 2.42. The summed E-state index contributed by atoms with van der Waals surface area (Å²) in [6, 6.07) is 12.7. The van der Waals surface area contributed by atoms with Crippen molar-refractivity contribution in [2.24, 2.45) is 5.73 Å². The Labute approximate surface area is 117 Å². The fraction of sp³-hybridized carbons (Fsp3) is 0.200. The first kappa shape index (κ1) is 13.9. The molecule has 0 fully saturated rings. The molecule has 100 valence electrons. The molecule has 2 aromatic rings. The number of aliphatic hydroxyl groups excluding tert-OH is 1. The Balaban J connectivity index is 2.15. The number of aryl methyl sites for hydroxylation is 1. The quantitative estimate of drug-likeness (QED) is 0.900. The molecule has 0 radical (unpaired) electrons. The van der Waals surface area contributed by atoms with Gasteiger partial charge in [0.1, 0.15) is 11.5 Å². The van der Waals surface area contributed by atoms with Crippen LogP contribution >= 0.6 is 11.6 Å². The van der Waals surface area contributed by atoms with Gasteiger partial charge in [0.05, 0.1) is 6.10 Å². The van der Waals surface area contributed by atoms with Crippen LogP contribution in [0.2, 0.25) is 5.02 Å². The largest absolute Gasteiger partial charge is 0.457 e. The van der Waals surface area contributed by atoms with Crippen molar-refractivity contribution in [3.63, 3.8) is 0 Å². The Morgan fingerprint density at radius 1 is 1.21 bits per heavy atom. The molecule has 0 amide bonds. The van der Waals surface area contributed by atoms with Crippen LogP contribution in [-0.2, 0) is 0 Å². The number of hydrogen-bond acceptors (Lipinski definition) is 3. The van der Waals surface area contributed by atoms with Gasteiger partial charge in [0.2, 0.25) is 0 Å². The van der Waals surface area contributed by atoms with E-state index >= 15 is 0 Å². The fourth-order valence-electron chi connectivity index (χ4n) is 1.75. The van der Waals surface area contributed by atoms with E-state index in [1.165, 1.54) is 0 Å². The molecule has 0 spiro atoms. The third-order valence-corrected chi connectivity index (χ3v) is 3.09. The Morgan fingerprint density at radius 2 is 1.89 bits per heavy atom. The third-order valence-electron chi connectivity index (χ3n) is 2.85. The average molecular weight is 278 g/mol. The van der Waals surface area contributed by atoms with E-state index < -0.39 is 6.10 Å². The first-order valence-corrected chi connectivity index (χ1v) is 6.40. The van der Waals surface area contributed by atoms with Crippen LogP contribution in [0.15, 0.2) is 42.5 Å². The van der Waals surface area contributed by atoms with Crippen LogP contribution in [0, 0.1) is 6.92 Å². The van der Waals surface area contributed by atoms with Gasteiger partial charge in [-0.25, -0.2) is 0 Å².